The molecule has 0 aliphatic carbocycles. The first kappa shape index (κ1) is 12.7. The van der Waals surface area contributed by atoms with Gasteiger partial charge in [-0.3, -0.25) is 9.59 Å². The number of hydrogen-bond donors (Lipinski definition) is 1. The minimum absolute atomic E-state index is 0.147. The lowest BCUT2D eigenvalue weighted by Crippen LogP contribution is -2.34. The topological polar surface area (TPSA) is 57.6 Å². The minimum atomic E-state index is -0.788. The van der Waals surface area contributed by atoms with Crippen LogP contribution in [0.5, 0.6) is 0 Å². The number of rotatable bonds is 5. The molecule has 0 aromatic heterocycles. The van der Waals surface area contributed by atoms with E-state index in [1.165, 1.54) is 5.57 Å². The molecule has 0 aromatic rings. The van der Waals surface area contributed by atoms with Gasteiger partial charge in [0.25, 0.3) is 0 Å². The summed E-state index contributed by atoms with van der Waals surface area (Å²) in [5.74, 6) is -0.641. The first-order chi connectivity index (χ1) is 7.59. The number of carboxylic acid groups (broad SMARTS) is 1. The molecule has 16 heavy (non-hydrogen) atoms. The van der Waals surface area contributed by atoms with Gasteiger partial charge >= 0.3 is 5.97 Å². The van der Waals surface area contributed by atoms with Crippen molar-refractivity contribution in [3.63, 3.8) is 0 Å². The smallest absolute Gasteiger partial charge is 0.303 e. The Balaban J connectivity index is 2.18. The number of carbonyl (C=O) groups excluding carboxylic acids is 1. The van der Waals surface area contributed by atoms with Crippen LogP contribution in [-0.4, -0.2) is 35.0 Å². The second kappa shape index (κ2) is 6.30. The maximum atomic E-state index is 11.7. The Morgan fingerprint density at radius 1 is 1.38 bits per heavy atom. The van der Waals surface area contributed by atoms with E-state index in [1.54, 1.807) is 0 Å². The lowest BCUT2D eigenvalue weighted by molar-refractivity contribution is -0.137. The van der Waals surface area contributed by atoms with E-state index in [9.17, 15) is 9.59 Å². The molecule has 0 unspecified atom stereocenters. The van der Waals surface area contributed by atoms with Crippen LogP contribution >= 0.6 is 0 Å². The van der Waals surface area contributed by atoms with Crippen molar-refractivity contribution in [2.45, 2.75) is 39.0 Å². The summed E-state index contributed by atoms with van der Waals surface area (Å²) in [6.07, 6.45) is 4.93. The third-order valence-electron chi connectivity index (χ3n) is 2.82. The monoisotopic (exact) mass is 225 g/mol. The Bertz CT molecular complexity index is 297. The highest BCUT2D eigenvalue weighted by atomic mass is 16.4. The average Bonchev–Trinajstić information content (AvgIpc) is 2.25. The van der Waals surface area contributed by atoms with Crippen molar-refractivity contribution in [3.8, 4) is 0 Å². The summed E-state index contributed by atoms with van der Waals surface area (Å²) in [7, 11) is 0. The van der Waals surface area contributed by atoms with Gasteiger partial charge in [0.1, 0.15) is 0 Å². The van der Waals surface area contributed by atoms with Crippen molar-refractivity contribution in [3.05, 3.63) is 11.6 Å². The van der Waals surface area contributed by atoms with Crippen molar-refractivity contribution in [2.75, 3.05) is 13.1 Å². The van der Waals surface area contributed by atoms with Gasteiger partial charge in [0.05, 0.1) is 0 Å². The summed E-state index contributed by atoms with van der Waals surface area (Å²) in [6.45, 7) is 3.60. The van der Waals surface area contributed by atoms with Crippen molar-refractivity contribution < 1.29 is 14.7 Å². The summed E-state index contributed by atoms with van der Waals surface area (Å²) in [4.78, 5) is 23.8. The fourth-order valence-corrected chi connectivity index (χ4v) is 1.71. The minimum Gasteiger partial charge on any atom is -0.481 e. The molecule has 0 atom stereocenters. The van der Waals surface area contributed by atoms with Crippen LogP contribution < -0.4 is 0 Å². The third-order valence-corrected chi connectivity index (χ3v) is 2.82. The van der Waals surface area contributed by atoms with Crippen LogP contribution in [0.4, 0.5) is 0 Å². The van der Waals surface area contributed by atoms with Gasteiger partial charge in [0.2, 0.25) is 5.91 Å². The normalized spacial score (nSPS) is 15.8. The quantitative estimate of drug-likeness (QED) is 0.573. The van der Waals surface area contributed by atoms with E-state index in [1.807, 2.05) is 4.90 Å². The van der Waals surface area contributed by atoms with Gasteiger partial charge in [0, 0.05) is 25.9 Å². The van der Waals surface area contributed by atoms with Gasteiger partial charge in [-0.2, -0.15) is 0 Å². The lowest BCUT2D eigenvalue weighted by atomic mass is 10.1. The summed E-state index contributed by atoms with van der Waals surface area (Å²) < 4.78 is 0. The van der Waals surface area contributed by atoms with Crippen LogP contribution in [0, 0.1) is 0 Å². The maximum Gasteiger partial charge on any atom is 0.303 e. The number of amides is 1. The zero-order valence-electron chi connectivity index (χ0n) is 9.74. The van der Waals surface area contributed by atoms with E-state index in [2.05, 4.69) is 13.0 Å². The zero-order chi connectivity index (χ0) is 12.0. The van der Waals surface area contributed by atoms with Gasteiger partial charge in [0.15, 0.2) is 0 Å². The SMILES string of the molecule is CC1=CCN(C(=O)CCCCC(=O)O)CC1. The molecule has 1 aliphatic heterocycles. The Hall–Kier alpha value is -1.32. The van der Waals surface area contributed by atoms with E-state index in [0.717, 1.165) is 13.0 Å². The number of hydrogen-bond acceptors (Lipinski definition) is 2. The lowest BCUT2D eigenvalue weighted by Gasteiger charge is -2.25. The van der Waals surface area contributed by atoms with Crippen molar-refractivity contribution in [2.24, 2.45) is 0 Å². The van der Waals surface area contributed by atoms with Gasteiger partial charge in [-0.05, 0) is 26.2 Å². The molecule has 0 aromatic carbocycles. The first-order valence-electron chi connectivity index (χ1n) is 5.75. The van der Waals surface area contributed by atoms with E-state index in [-0.39, 0.29) is 12.3 Å². The largest absolute Gasteiger partial charge is 0.481 e. The van der Waals surface area contributed by atoms with E-state index >= 15 is 0 Å². The number of nitrogens with zero attached hydrogens (tertiary/aromatic N) is 1. The van der Waals surface area contributed by atoms with Crippen molar-refractivity contribution in [1.82, 2.24) is 4.90 Å². The molecular formula is C12H19NO3. The Labute approximate surface area is 95.9 Å². The summed E-state index contributed by atoms with van der Waals surface area (Å²) in [6, 6.07) is 0. The second-order valence-corrected chi connectivity index (χ2v) is 4.24. The molecule has 0 fully saturated rings. The molecule has 4 heteroatoms. The van der Waals surface area contributed by atoms with E-state index in [4.69, 9.17) is 5.11 Å². The molecule has 90 valence electrons. The van der Waals surface area contributed by atoms with E-state index < -0.39 is 5.97 Å². The number of unbranched alkanes of at least 4 members (excludes halogenated alkanes) is 1. The molecule has 0 saturated carbocycles. The molecule has 0 bridgehead atoms. The molecule has 1 aliphatic rings. The molecule has 0 saturated heterocycles. The second-order valence-electron chi connectivity index (χ2n) is 4.24. The number of carbonyl (C=O) groups is 2. The fraction of sp³-hybridized carbons (Fsp3) is 0.667. The predicted octanol–water partition coefficient (Wildman–Crippen LogP) is 1.81. The molecule has 1 N–H and O–H groups in total. The van der Waals surface area contributed by atoms with Gasteiger partial charge in [-0.15, -0.1) is 0 Å². The number of carboxylic acids is 1. The Kier molecular flexibility index (Phi) is 5.02. The highest BCUT2D eigenvalue weighted by Crippen LogP contribution is 2.12. The van der Waals surface area contributed by atoms with Crippen LogP contribution in [0.1, 0.15) is 39.0 Å². The summed E-state index contributed by atoms with van der Waals surface area (Å²) in [5.41, 5.74) is 1.34. The van der Waals surface area contributed by atoms with Crippen LogP contribution in [0.15, 0.2) is 11.6 Å². The van der Waals surface area contributed by atoms with Crippen molar-refractivity contribution in [1.29, 1.82) is 0 Å². The predicted molar refractivity (Wildman–Crippen MR) is 61.1 cm³/mol. The zero-order valence-corrected chi connectivity index (χ0v) is 9.74. The molecule has 1 heterocycles. The Morgan fingerprint density at radius 2 is 2.06 bits per heavy atom. The van der Waals surface area contributed by atoms with Gasteiger partial charge < -0.3 is 10.0 Å². The standard InChI is InChI=1S/C12H19NO3/c1-10-6-8-13(9-7-10)11(14)4-2-3-5-12(15)16/h6H,2-5,7-9H2,1H3,(H,15,16). The average molecular weight is 225 g/mol. The molecular weight excluding hydrogens is 206 g/mol. The molecule has 1 rings (SSSR count). The summed E-state index contributed by atoms with van der Waals surface area (Å²) >= 11 is 0. The molecule has 1 amide bonds. The first-order valence-corrected chi connectivity index (χ1v) is 5.75. The molecule has 0 spiro atoms. The van der Waals surface area contributed by atoms with Crippen LogP contribution in [0.3, 0.4) is 0 Å². The van der Waals surface area contributed by atoms with E-state index in [0.29, 0.717) is 25.8 Å². The molecule has 4 nitrogen and oxygen atoms in total. The van der Waals surface area contributed by atoms with Crippen LogP contribution in [0.25, 0.3) is 0 Å². The fourth-order valence-electron chi connectivity index (χ4n) is 1.71. The summed E-state index contributed by atoms with van der Waals surface area (Å²) in [5, 5.41) is 8.45. The van der Waals surface area contributed by atoms with Crippen LogP contribution in [0.2, 0.25) is 0 Å². The van der Waals surface area contributed by atoms with Crippen molar-refractivity contribution >= 4 is 11.9 Å². The van der Waals surface area contributed by atoms with Gasteiger partial charge in [-0.25, -0.2) is 0 Å². The van der Waals surface area contributed by atoms with Gasteiger partial charge in [-0.1, -0.05) is 11.6 Å². The number of aliphatic carboxylic acids is 1. The highest BCUT2D eigenvalue weighted by Gasteiger charge is 2.14. The maximum absolute atomic E-state index is 11.7. The van der Waals surface area contributed by atoms with Crippen LogP contribution in [-0.2, 0) is 9.59 Å². The Morgan fingerprint density at radius 3 is 2.62 bits per heavy atom. The third kappa shape index (κ3) is 4.47. The molecule has 0 radical (unpaired) electrons. The highest BCUT2D eigenvalue weighted by molar-refractivity contribution is 5.76.